The summed E-state index contributed by atoms with van der Waals surface area (Å²) in [5.41, 5.74) is 0.988. The number of allylic oxidation sites excluding steroid dienone is 2. The molecule has 1 atom stereocenters. The van der Waals surface area contributed by atoms with Gasteiger partial charge in [0.15, 0.2) is 0 Å². The van der Waals surface area contributed by atoms with Crippen LogP contribution in [0.25, 0.3) is 0 Å². The summed E-state index contributed by atoms with van der Waals surface area (Å²) in [5, 5.41) is 0. The second-order valence-electron chi connectivity index (χ2n) is 6.14. The summed E-state index contributed by atoms with van der Waals surface area (Å²) in [6, 6.07) is 0. The highest BCUT2D eigenvalue weighted by Crippen LogP contribution is 2.17. The maximum absolute atomic E-state index is 11.5. The summed E-state index contributed by atoms with van der Waals surface area (Å²) in [6.45, 7) is 12.6. The molecule has 0 bridgehead atoms. The molecule has 100 valence electrons. The van der Waals surface area contributed by atoms with Crippen LogP contribution in [0.4, 0.5) is 0 Å². The zero-order valence-corrected chi connectivity index (χ0v) is 12.3. The summed E-state index contributed by atoms with van der Waals surface area (Å²) >= 11 is 0. The van der Waals surface area contributed by atoms with Gasteiger partial charge in [0.1, 0.15) is 0 Å². The van der Waals surface area contributed by atoms with Gasteiger partial charge in [-0.3, -0.25) is 4.79 Å². The van der Waals surface area contributed by atoms with Crippen LogP contribution in [0.3, 0.4) is 0 Å². The molecule has 0 aromatic heterocycles. The second kappa shape index (κ2) is 7.52. The summed E-state index contributed by atoms with van der Waals surface area (Å²) in [6.07, 6.45) is 5.51. The topological polar surface area (TPSA) is 26.3 Å². The van der Waals surface area contributed by atoms with Crippen LogP contribution in [0.5, 0.6) is 0 Å². The van der Waals surface area contributed by atoms with Crippen LogP contribution in [0.1, 0.15) is 60.8 Å². The highest BCUT2D eigenvalue weighted by atomic mass is 16.5. The molecule has 0 radical (unpaired) electrons. The summed E-state index contributed by atoms with van der Waals surface area (Å²) in [4.78, 5) is 11.5. The Balaban J connectivity index is 3.68. The van der Waals surface area contributed by atoms with Gasteiger partial charge in [0.05, 0.1) is 12.0 Å². The van der Waals surface area contributed by atoms with E-state index in [0.717, 1.165) is 19.3 Å². The van der Waals surface area contributed by atoms with Gasteiger partial charge in [-0.1, -0.05) is 18.6 Å². The predicted molar refractivity (Wildman–Crippen MR) is 72.9 cm³/mol. The number of hydrogen-bond donors (Lipinski definition) is 0. The first-order valence-electron chi connectivity index (χ1n) is 6.54. The van der Waals surface area contributed by atoms with E-state index in [2.05, 4.69) is 26.8 Å². The zero-order chi connectivity index (χ0) is 13.5. The number of ether oxygens (including phenoxy) is 1. The Hall–Kier alpha value is -0.790. The Labute approximate surface area is 106 Å². The van der Waals surface area contributed by atoms with E-state index in [0.29, 0.717) is 12.5 Å². The Morgan fingerprint density at radius 3 is 2.29 bits per heavy atom. The quantitative estimate of drug-likeness (QED) is 0.509. The number of carbonyl (C=O) groups is 1. The first-order chi connectivity index (χ1) is 7.73. The molecule has 0 aliphatic heterocycles. The molecule has 0 aliphatic rings. The number of hydrogen-bond acceptors (Lipinski definition) is 2. The largest absolute Gasteiger partial charge is 0.465 e. The Morgan fingerprint density at radius 1 is 1.24 bits per heavy atom. The Morgan fingerprint density at radius 2 is 1.82 bits per heavy atom. The molecule has 0 aromatic rings. The molecule has 17 heavy (non-hydrogen) atoms. The lowest BCUT2D eigenvalue weighted by atomic mass is 9.97. The Kier molecular flexibility index (Phi) is 7.17. The van der Waals surface area contributed by atoms with Crippen LogP contribution < -0.4 is 0 Å². The van der Waals surface area contributed by atoms with Crippen molar-refractivity contribution in [3.05, 3.63) is 11.6 Å². The standard InChI is InChI=1S/C15H28O2/c1-12(2)8-7-9-13(3)10-11-17-14(16)15(4,5)6/h8,13H,7,9-11H2,1-6H3/t13-/m0/s1. The van der Waals surface area contributed by atoms with Crippen LogP contribution in [0.15, 0.2) is 11.6 Å². The zero-order valence-electron chi connectivity index (χ0n) is 12.3. The van der Waals surface area contributed by atoms with Gasteiger partial charge in [-0.05, 0) is 59.8 Å². The molecular weight excluding hydrogens is 212 g/mol. The third-order valence-corrected chi connectivity index (χ3v) is 2.67. The van der Waals surface area contributed by atoms with Gasteiger partial charge in [-0.25, -0.2) is 0 Å². The van der Waals surface area contributed by atoms with Crippen molar-refractivity contribution >= 4 is 5.97 Å². The van der Waals surface area contributed by atoms with E-state index in [9.17, 15) is 4.79 Å². The van der Waals surface area contributed by atoms with Gasteiger partial charge in [-0.15, -0.1) is 0 Å². The van der Waals surface area contributed by atoms with E-state index >= 15 is 0 Å². The monoisotopic (exact) mass is 240 g/mol. The molecular formula is C15H28O2. The molecule has 2 heteroatoms. The van der Waals surface area contributed by atoms with Gasteiger partial charge in [0.2, 0.25) is 0 Å². The van der Waals surface area contributed by atoms with Crippen molar-refractivity contribution in [2.45, 2.75) is 60.8 Å². The lowest BCUT2D eigenvalue weighted by molar-refractivity contribution is -0.153. The highest BCUT2D eigenvalue weighted by Gasteiger charge is 2.22. The van der Waals surface area contributed by atoms with Gasteiger partial charge in [0.25, 0.3) is 0 Å². The first-order valence-corrected chi connectivity index (χ1v) is 6.54. The van der Waals surface area contributed by atoms with Gasteiger partial charge in [-0.2, -0.15) is 0 Å². The number of carbonyl (C=O) groups excluding carboxylic acids is 1. The van der Waals surface area contributed by atoms with Crippen molar-refractivity contribution in [1.29, 1.82) is 0 Å². The molecule has 0 fully saturated rings. The lowest BCUT2D eigenvalue weighted by Crippen LogP contribution is -2.23. The number of esters is 1. The fourth-order valence-corrected chi connectivity index (χ4v) is 1.37. The van der Waals surface area contributed by atoms with E-state index < -0.39 is 0 Å². The van der Waals surface area contributed by atoms with Crippen LogP contribution >= 0.6 is 0 Å². The molecule has 0 saturated heterocycles. The molecule has 2 nitrogen and oxygen atoms in total. The fourth-order valence-electron chi connectivity index (χ4n) is 1.37. The third kappa shape index (κ3) is 8.96. The highest BCUT2D eigenvalue weighted by molar-refractivity contribution is 5.75. The molecule has 0 aliphatic carbocycles. The summed E-state index contributed by atoms with van der Waals surface area (Å²) < 4.78 is 5.25. The lowest BCUT2D eigenvalue weighted by Gasteiger charge is -2.17. The van der Waals surface area contributed by atoms with Crippen molar-refractivity contribution in [3.8, 4) is 0 Å². The van der Waals surface area contributed by atoms with Crippen molar-refractivity contribution in [3.63, 3.8) is 0 Å². The molecule has 0 saturated carbocycles. The maximum Gasteiger partial charge on any atom is 0.311 e. The average molecular weight is 240 g/mol. The molecule has 0 amide bonds. The smallest absolute Gasteiger partial charge is 0.311 e. The summed E-state index contributed by atoms with van der Waals surface area (Å²) in [5.74, 6) is 0.507. The second-order valence-corrected chi connectivity index (χ2v) is 6.14. The molecule has 0 unspecified atom stereocenters. The van der Waals surface area contributed by atoms with E-state index in [4.69, 9.17) is 4.74 Å². The molecule has 0 spiro atoms. The minimum absolute atomic E-state index is 0.103. The molecule has 0 aromatic carbocycles. The van der Waals surface area contributed by atoms with E-state index in [-0.39, 0.29) is 11.4 Å². The van der Waals surface area contributed by atoms with Crippen molar-refractivity contribution in [1.82, 2.24) is 0 Å². The SMILES string of the molecule is CC(C)=CCC[C@H](C)CCOC(=O)C(C)(C)C. The minimum atomic E-state index is -0.384. The summed E-state index contributed by atoms with van der Waals surface area (Å²) in [7, 11) is 0. The number of rotatable bonds is 6. The Bertz CT molecular complexity index is 255. The molecule has 0 N–H and O–H groups in total. The average Bonchev–Trinajstić information content (AvgIpc) is 2.15. The van der Waals surface area contributed by atoms with Crippen LogP contribution in [0.2, 0.25) is 0 Å². The van der Waals surface area contributed by atoms with E-state index in [1.807, 2.05) is 20.8 Å². The van der Waals surface area contributed by atoms with Crippen LogP contribution in [-0.4, -0.2) is 12.6 Å². The first kappa shape index (κ1) is 16.2. The van der Waals surface area contributed by atoms with Crippen molar-refractivity contribution in [2.75, 3.05) is 6.61 Å². The maximum atomic E-state index is 11.5. The van der Waals surface area contributed by atoms with Gasteiger partial charge < -0.3 is 4.74 Å². The molecule has 0 heterocycles. The predicted octanol–water partition coefficient (Wildman–Crippen LogP) is 4.35. The van der Waals surface area contributed by atoms with Gasteiger partial charge >= 0.3 is 5.97 Å². The minimum Gasteiger partial charge on any atom is -0.465 e. The molecule has 0 rings (SSSR count). The van der Waals surface area contributed by atoms with E-state index in [1.54, 1.807) is 0 Å². The van der Waals surface area contributed by atoms with Crippen LogP contribution in [0, 0.1) is 11.3 Å². The van der Waals surface area contributed by atoms with Crippen molar-refractivity contribution < 1.29 is 9.53 Å². The normalized spacial score (nSPS) is 13.1. The fraction of sp³-hybridized carbons (Fsp3) is 0.800. The van der Waals surface area contributed by atoms with Crippen LogP contribution in [-0.2, 0) is 9.53 Å². The van der Waals surface area contributed by atoms with E-state index in [1.165, 1.54) is 5.57 Å². The van der Waals surface area contributed by atoms with Gasteiger partial charge in [0, 0.05) is 0 Å². The third-order valence-electron chi connectivity index (χ3n) is 2.67. The van der Waals surface area contributed by atoms with Crippen molar-refractivity contribution in [2.24, 2.45) is 11.3 Å².